The molecule has 0 heterocycles. The van der Waals surface area contributed by atoms with Gasteiger partial charge in [0, 0.05) is 17.1 Å². The predicted octanol–water partition coefficient (Wildman–Crippen LogP) is 15.4. The highest BCUT2D eigenvalue weighted by Gasteiger charge is 2.18. The summed E-state index contributed by atoms with van der Waals surface area (Å²) in [6.07, 6.45) is 0. The second-order valence-electron chi connectivity index (χ2n) is 14.5. The summed E-state index contributed by atoms with van der Waals surface area (Å²) in [5.41, 5.74) is 8.17. The molecule has 0 aromatic heterocycles. The van der Waals surface area contributed by atoms with E-state index in [0.29, 0.717) is 0 Å². The molecule has 0 spiro atoms. The van der Waals surface area contributed by atoms with Gasteiger partial charge in [-0.1, -0.05) is 164 Å². The molecule has 0 aliphatic rings. The number of fused-ring (bicyclic) bond motifs is 9. The van der Waals surface area contributed by atoms with E-state index >= 15 is 0 Å². The molecule has 0 saturated heterocycles. The van der Waals surface area contributed by atoms with E-state index in [1.165, 1.54) is 86.9 Å². The molecule has 1 heteroatoms. The average Bonchev–Trinajstić information content (AvgIpc) is 3.26. The fourth-order valence-electron chi connectivity index (χ4n) is 8.79. The Morgan fingerprint density at radius 1 is 0.218 bits per heavy atom. The first-order valence-corrected chi connectivity index (χ1v) is 19.0. The predicted molar refractivity (Wildman–Crippen MR) is 237 cm³/mol. The molecule has 0 aliphatic carbocycles. The Morgan fingerprint density at radius 3 is 1.13 bits per heavy atom. The van der Waals surface area contributed by atoms with Gasteiger partial charge < -0.3 is 4.90 Å². The van der Waals surface area contributed by atoms with Gasteiger partial charge in [-0.25, -0.2) is 0 Å². The van der Waals surface area contributed by atoms with Crippen LogP contribution in [0.3, 0.4) is 0 Å². The van der Waals surface area contributed by atoms with E-state index in [1.807, 2.05) is 0 Å². The van der Waals surface area contributed by atoms with Gasteiger partial charge in [0.15, 0.2) is 0 Å². The maximum Gasteiger partial charge on any atom is 0.0468 e. The molecule has 256 valence electrons. The van der Waals surface area contributed by atoms with Crippen molar-refractivity contribution in [2.24, 2.45) is 0 Å². The quantitative estimate of drug-likeness (QED) is 0.162. The van der Waals surface area contributed by atoms with E-state index in [1.54, 1.807) is 0 Å². The summed E-state index contributed by atoms with van der Waals surface area (Å²) in [6, 6.07) is 78.0. The van der Waals surface area contributed by atoms with Crippen LogP contribution in [-0.4, -0.2) is 0 Å². The lowest BCUT2D eigenvalue weighted by Gasteiger charge is -2.27. The highest BCUT2D eigenvalue weighted by Crippen LogP contribution is 2.43. The zero-order chi connectivity index (χ0) is 36.3. The smallest absolute Gasteiger partial charge is 0.0468 e. The normalized spacial score (nSPS) is 11.6. The zero-order valence-electron chi connectivity index (χ0n) is 30.2. The van der Waals surface area contributed by atoms with Gasteiger partial charge in [-0.2, -0.15) is 0 Å². The molecule has 11 aromatic carbocycles. The summed E-state index contributed by atoms with van der Waals surface area (Å²) >= 11 is 0. The Bertz CT molecular complexity index is 3120. The Hall–Kier alpha value is -7.22. The molecule has 1 nitrogen and oxygen atoms in total. The molecule has 0 aliphatic heterocycles. The highest BCUT2D eigenvalue weighted by molar-refractivity contribution is 6.15. The van der Waals surface area contributed by atoms with Crippen molar-refractivity contribution >= 4 is 81.7 Å². The van der Waals surface area contributed by atoms with Gasteiger partial charge in [0.1, 0.15) is 0 Å². The molecule has 55 heavy (non-hydrogen) atoms. The lowest BCUT2D eigenvalue weighted by atomic mass is 9.92. The van der Waals surface area contributed by atoms with Gasteiger partial charge in [0.2, 0.25) is 0 Å². The molecular formula is C54H35N. The highest BCUT2D eigenvalue weighted by atomic mass is 15.1. The van der Waals surface area contributed by atoms with Crippen molar-refractivity contribution in [3.63, 3.8) is 0 Å². The van der Waals surface area contributed by atoms with E-state index in [4.69, 9.17) is 0 Å². The molecule has 11 aromatic rings. The average molecular weight is 698 g/mol. The Morgan fingerprint density at radius 2 is 0.600 bits per heavy atom. The van der Waals surface area contributed by atoms with Crippen molar-refractivity contribution in [2.75, 3.05) is 4.90 Å². The lowest BCUT2D eigenvalue weighted by Crippen LogP contribution is -2.10. The van der Waals surface area contributed by atoms with Crippen molar-refractivity contribution < 1.29 is 0 Å². The fraction of sp³-hybridized carbons (Fsp3) is 0. The molecule has 0 fully saturated rings. The molecule has 0 unspecified atom stereocenters. The molecule has 0 amide bonds. The summed E-state index contributed by atoms with van der Waals surface area (Å²) in [5, 5.41) is 15.1. The summed E-state index contributed by atoms with van der Waals surface area (Å²) in [7, 11) is 0. The first kappa shape index (κ1) is 31.3. The van der Waals surface area contributed by atoms with Gasteiger partial charge in [0.25, 0.3) is 0 Å². The van der Waals surface area contributed by atoms with Crippen molar-refractivity contribution in [2.45, 2.75) is 0 Å². The van der Waals surface area contributed by atoms with Crippen molar-refractivity contribution in [3.8, 4) is 22.3 Å². The van der Waals surface area contributed by atoms with Crippen LogP contribution in [0.25, 0.3) is 86.9 Å². The molecule has 0 bridgehead atoms. The van der Waals surface area contributed by atoms with Crippen LogP contribution in [0.15, 0.2) is 212 Å². The fourth-order valence-corrected chi connectivity index (χ4v) is 8.79. The summed E-state index contributed by atoms with van der Waals surface area (Å²) in [5.74, 6) is 0. The Balaban J connectivity index is 1.14. The summed E-state index contributed by atoms with van der Waals surface area (Å²) in [6.45, 7) is 0. The first-order valence-electron chi connectivity index (χ1n) is 19.0. The van der Waals surface area contributed by atoms with Gasteiger partial charge >= 0.3 is 0 Å². The third kappa shape index (κ3) is 5.24. The van der Waals surface area contributed by atoms with Crippen LogP contribution in [0.1, 0.15) is 0 Å². The minimum Gasteiger partial charge on any atom is -0.310 e. The topological polar surface area (TPSA) is 3.24 Å². The van der Waals surface area contributed by atoms with Crippen molar-refractivity contribution in [1.29, 1.82) is 0 Å². The van der Waals surface area contributed by atoms with Crippen molar-refractivity contribution in [1.82, 2.24) is 0 Å². The molecule has 11 rings (SSSR count). The number of rotatable bonds is 5. The number of anilines is 3. The number of benzene rings is 11. The van der Waals surface area contributed by atoms with Crippen molar-refractivity contribution in [3.05, 3.63) is 212 Å². The zero-order valence-corrected chi connectivity index (χ0v) is 30.2. The molecule has 0 radical (unpaired) electrons. The van der Waals surface area contributed by atoms with E-state index in [0.717, 1.165) is 17.1 Å². The third-order valence-electron chi connectivity index (χ3n) is 11.4. The standard InChI is InChI=1S/C54H35N/c1-4-20-45-36(13-1)27-28-37-29-30-44(35-54(37)45)55(42-18-11-16-38(31-42)52-33-40-14-2-5-21-46(40)48-23-7-9-25-50(48)52)43-19-12-17-39(32-43)53-34-41-15-3-6-22-47(41)49-24-8-10-26-51(49)53/h1-35H. The van der Waals surface area contributed by atoms with Gasteiger partial charge in [-0.05, 0) is 135 Å². The van der Waals surface area contributed by atoms with Crippen LogP contribution in [0.2, 0.25) is 0 Å². The van der Waals surface area contributed by atoms with E-state index in [-0.39, 0.29) is 0 Å². The lowest BCUT2D eigenvalue weighted by molar-refractivity contribution is 1.29. The molecule has 0 atom stereocenters. The molecule has 0 N–H and O–H groups in total. The first-order chi connectivity index (χ1) is 27.3. The minimum atomic E-state index is 1.11. The van der Waals surface area contributed by atoms with Gasteiger partial charge in [0.05, 0.1) is 0 Å². The second kappa shape index (κ2) is 12.7. The van der Waals surface area contributed by atoms with E-state index in [9.17, 15) is 0 Å². The van der Waals surface area contributed by atoms with E-state index < -0.39 is 0 Å². The molecular weight excluding hydrogens is 663 g/mol. The summed E-state index contributed by atoms with van der Waals surface area (Å²) < 4.78 is 0. The number of hydrogen-bond acceptors (Lipinski definition) is 1. The Kier molecular flexibility index (Phi) is 7.25. The monoisotopic (exact) mass is 697 g/mol. The van der Waals surface area contributed by atoms with E-state index in [2.05, 4.69) is 217 Å². The van der Waals surface area contributed by atoms with Gasteiger partial charge in [-0.3, -0.25) is 0 Å². The number of hydrogen-bond donors (Lipinski definition) is 0. The largest absolute Gasteiger partial charge is 0.310 e. The van der Waals surface area contributed by atoms with Crippen LogP contribution in [0.4, 0.5) is 17.1 Å². The Labute approximate surface area is 320 Å². The number of nitrogens with zero attached hydrogens (tertiary/aromatic N) is 1. The second-order valence-corrected chi connectivity index (χ2v) is 14.5. The van der Waals surface area contributed by atoms with Crippen LogP contribution in [0.5, 0.6) is 0 Å². The SMILES string of the molecule is c1cc(-c2cc3ccccc3c3ccccc23)cc(N(c2cccc(-c3cc4ccccc4c4ccccc34)c2)c2ccc3ccc4ccccc4c3c2)c1. The maximum atomic E-state index is 2.43. The van der Waals surface area contributed by atoms with Crippen LogP contribution >= 0.6 is 0 Å². The van der Waals surface area contributed by atoms with Crippen LogP contribution in [0, 0.1) is 0 Å². The van der Waals surface area contributed by atoms with Crippen LogP contribution in [-0.2, 0) is 0 Å². The van der Waals surface area contributed by atoms with Crippen LogP contribution < -0.4 is 4.90 Å². The molecule has 0 saturated carbocycles. The summed E-state index contributed by atoms with van der Waals surface area (Å²) in [4.78, 5) is 2.43. The minimum absolute atomic E-state index is 1.11. The maximum absolute atomic E-state index is 2.43. The third-order valence-corrected chi connectivity index (χ3v) is 11.4. The van der Waals surface area contributed by atoms with Gasteiger partial charge in [-0.15, -0.1) is 0 Å².